The van der Waals surface area contributed by atoms with Crippen LogP contribution in [0.4, 0.5) is 0 Å². The maximum absolute atomic E-state index is 6.15. The minimum Gasteiger partial charge on any atom is -0.0840 e. The van der Waals surface area contributed by atoms with E-state index in [1.807, 2.05) is 18.2 Å². The minimum absolute atomic E-state index is 0.851. The van der Waals surface area contributed by atoms with Gasteiger partial charge in [-0.25, -0.2) is 0 Å². The maximum Gasteiger partial charge on any atom is 0.0441 e. The van der Waals surface area contributed by atoms with Crippen molar-refractivity contribution in [3.63, 3.8) is 0 Å². The second-order valence-corrected chi connectivity index (χ2v) is 4.16. The summed E-state index contributed by atoms with van der Waals surface area (Å²) < 4.78 is 0. The maximum atomic E-state index is 6.15. The van der Waals surface area contributed by atoms with E-state index in [-0.39, 0.29) is 0 Å². The first-order chi connectivity index (χ1) is 7.25. The molecule has 2 aromatic rings. The van der Waals surface area contributed by atoms with E-state index in [0.717, 1.165) is 11.4 Å². The van der Waals surface area contributed by atoms with Gasteiger partial charge in [0.15, 0.2) is 0 Å². The monoisotopic (exact) mass is 216 g/mol. The van der Waals surface area contributed by atoms with Crippen LogP contribution in [0.5, 0.6) is 0 Å². The zero-order valence-corrected chi connectivity index (χ0v) is 9.46. The molecule has 0 aliphatic rings. The molecule has 0 fully saturated rings. The van der Waals surface area contributed by atoms with Gasteiger partial charge >= 0.3 is 0 Å². The van der Waals surface area contributed by atoms with Crippen LogP contribution in [0, 0.1) is 6.92 Å². The molecule has 0 aliphatic heterocycles. The summed E-state index contributed by atoms with van der Waals surface area (Å²) in [5.74, 6) is 0. The van der Waals surface area contributed by atoms with Crippen LogP contribution in [0.3, 0.4) is 0 Å². The lowest BCUT2D eigenvalue weighted by Gasteiger charge is -2.05. The number of halogens is 1. The predicted molar refractivity (Wildman–Crippen MR) is 65.4 cm³/mol. The van der Waals surface area contributed by atoms with Crippen LogP contribution >= 0.6 is 11.6 Å². The molecule has 0 amide bonds. The van der Waals surface area contributed by atoms with E-state index >= 15 is 0 Å². The Bertz CT molecular complexity index is 446. The number of hydrogen-bond donors (Lipinski definition) is 0. The van der Waals surface area contributed by atoms with Crippen LogP contribution in [0.2, 0.25) is 5.02 Å². The second-order valence-electron chi connectivity index (χ2n) is 3.76. The van der Waals surface area contributed by atoms with Crippen molar-refractivity contribution in [2.75, 3.05) is 0 Å². The van der Waals surface area contributed by atoms with Crippen molar-refractivity contribution in [1.82, 2.24) is 0 Å². The third kappa shape index (κ3) is 2.60. The van der Waals surface area contributed by atoms with Crippen LogP contribution < -0.4 is 0 Å². The van der Waals surface area contributed by atoms with Gasteiger partial charge in [-0.05, 0) is 30.5 Å². The molecule has 0 N–H and O–H groups in total. The van der Waals surface area contributed by atoms with Crippen molar-refractivity contribution in [3.05, 3.63) is 70.2 Å². The highest BCUT2D eigenvalue weighted by atomic mass is 35.5. The van der Waals surface area contributed by atoms with Crippen LogP contribution in [0.25, 0.3) is 0 Å². The molecular formula is C14H13Cl. The average Bonchev–Trinajstić information content (AvgIpc) is 2.25. The van der Waals surface area contributed by atoms with Crippen LogP contribution in [0.1, 0.15) is 16.7 Å². The van der Waals surface area contributed by atoms with E-state index in [4.69, 9.17) is 11.6 Å². The summed E-state index contributed by atoms with van der Waals surface area (Å²) in [6.07, 6.45) is 0.904. The molecule has 1 heteroatoms. The minimum atomic E-state index is 0.851. The Kier molecular flexibility index (Phi) is 3.08. The molecule has 76 valence electrons. The van der Waals surface area contributed by atoms with Gasteiger partial charge in [0, 0.05) is 5.02 Å². The molecule has 0 heterocycles. The standard InChI is InChI=1S/C14H13Cl/c1-11-7-8-14(15)13(9-11)10-12-5-3-2-4-6-12/h2-9H,10H2,1H3. The number of hydrogen-bond acceptors (Lipinski definition) is 0. The summed E-state index contributed by atoms with van der Waals surface area (Å²) in [7, 11) is 0. The molecule has 0 aliphatic carbocycles. The van der Waals surface area contributed by atoms with E-state index in [9.17, 15) is 0 Å². The Morgan fingerprint density at radius 1 is 1.00 bits per heavy atom. The van der Waals surface area contributed by atoms with Gasteiger partial charge in [0.25, 0.3) is 0 Å². The molecule has 0 unspecified atom stereocenters. The fraction of sp³-hybridized carbons (Fsp3) is 0.143. The Morgan fingerprint density at radius 3 is 2.47 bits per heavy atom. The van der Waals surface area contributed by atoms with E-state index in [1.165, 1.54) is 16.7 Å². The van der Waals surface area contributed by atoms with E-state index in [1.54, 1.807) is 0 Å². The Labute approximate surface area is 95.5 Å². The largest absolute Gasteiger partial charge is 0.0840 e. The van der Waals surface area contributed by atoms with Gasteiger partial charge in [-0.1, -0.05) is 59.6 Å². The first-order valence-corrected chi connectivity index (χ1v) is 5.42. The predicted octanol–water partition coefficient (Wildman–Crippen LogP) is 4.24. The smallest absolute Gasteiger partial charge is 0.0441 e. The highest BCUT2D eigenvalue weighted by molar-refractivity contribution is 6.31. The number of rotatable bonds is 2. The molecule has 15 heavy (non-hydrogen) atoms. The van der Waals surface area contributed by atoms with Crippen molar-refractivity contribution >= 4 is 11.6 Å². The van der Waals surface area contributed by atoms with Crippen LogP contribution in [-0.4, -0.2) is 0 Å². The lowest BCUT2D eigenvalue weighted by molar-refractivity contribution is 1.18. The topological polar surface area (TPSA) is 0 Å². The molecular weight excluding hydrogens is 204 g/mol. The summed E-state index contributed by atoms with van der Waals surface area (Å²) in [5, 5.41) is 0.851. The third-order valence-electron chi connectivity index (χ3n) is 2.44. The van der Waals surface area contributed by atoms with Gasteiger partial charge in [0.2, 0.25) is 0 Å². The molecule has 0 saturated heterocycles. The van der Waals surface area contributed by atoms with Crippen molar-refractivity contribution in [3.8, 4) is 0 Å². The summed E-state index contributed by atoms with van der Waals surface area (Å²) in [5.41, 5.74) is 3.75. The van der Waals surface area contributed by atoms with Crippen molar-refractivity contribution in [2.24, 2.45) is 0 Å². The van der Waals surface area contributed by atoms with Gasteiger partial charge in [-0.2, -0.15) is 0 Å². The molecule has 2 aromatic carbocycles. The molecule has 2 rings (SSSR count). The number of benzene rings is 2. The number of aryl methyl sites for hydroxylation is 1. The third-order valence-corrected chi connectivity index (χ3v) is 2.81. The lowest BCUT2D eigenvalue weighted by Crippen LogP contribution is -1.89. The zero-order chi connectivity index (χ0) is 10.7. The average molecular weight is 217 g/mol. The van der Waals surface area contributed by atoms with Gasteiger partial charge in [0.1, 0.15) is 0 Å². The highest BCUT2D eigenvalue weighted by Crippen LogP contribution is 2.20. The fourth-order valence-electron chi connectivity index (χ4n) is 1.65. The lowest BCUT2D eigenvalue weighted by atomic mass is 10.0. The fourth-order valence-corrected chi connectivity index (χ4v) is 1.84. The van der Waals surface area contributed by atoms with Crippen molar-refractivity contribution < 1.29 is 0 Å². The molecule has 0 saturated carbocycles. The van der Waals surface area contributed by atoms with E-state index in [0.29, 0.717) is 0 Å². The summed E-state index contributed by atoms with van der Waals surface area (Å²) in [6, 6.07) is 16.5. The summed E-state index contributed by atoms with van der Waals surface area (Å²) >= 11 is 6.15. The molecule has 0 aromatic heterocycles. The molecule has 0 bridgehead atoms. The Morgan fingerprint density at radius 2 is 1.73 bits per heavy atom. The molecule has 0 spiro atoms. The van der Waals surface area contributed by atoms with Crippen molar-refractivity contribution in [1.29, 1.82) is 0 Å². The normalized spacial score (nSPS) is 10.3. The van der Waals surface area contributed by atoms with Gasteiger partial charge in [-0.3, -0.25) is 0 Å². The molecule has 0 radical (unpaired) electrons. The van der Waals surface area contributed by atoms with E-state index in [2.05, 4.69) is 37.3 Å². The Balaban J connectivity index is 2.28. The second kappa shape index (κ2) is 4.50. The summed E-state index contributed by atoms with van der Waals surface area (Å²) in [6.45, 7) is 2.09. The van der Waals surface area contributed by atoms with Crippen LogP contribution in [-0.2, 0) is 6.42 Å². The highest BCUT2D eigenvalue weighted by Gasteiger charge is 2.01. The molecule has 0 nitrogen and oxygen atoms in total. The van der Waals surface area contributed by atoms with E-state index < -0.39 is 0 Å². The molecule has 0 atom stereocenters. The van der Waals surface area contributed by atoms with Gasteiger partial charge < -0.3 is 0 Å². The quantitative estimate of drug-likeness (QED) is 0.705. The van der Waals surface area contributed by atoms with Gasteiger partial charge in [-0.15, -0.1) is 0 Å². The Hall–Kier alpha value is -1.27. The first kappa shape index (κ1) is 10.3. The van der Waals surface area contributed by atoms with Gasteiger partial charge in [0.05, 0.1) is 0 Å². The van der Waals surface area contributed by atoms with Crippen LogP contribution in [0.15, 0.2) is 48.5 Å². The first-order valence-electron chi connectivity index (χ1n) is 5.04. The summed E-state index contributed by atoms with van der Waals surface area (Å²) in [4.78, 5) is 0. The zero-order valence-electron chi connectivity index (χ0n) is 8.70. The SMILES string of the molecule is Cc1ccc(Cl)c(Cc2ccccc2)c1. The van der Waals surface area contributed by atoms with Crippen molar-refractivity contribution in [2.45, 2.75) is 13.3 Å².